The van der Waals surface area contributed by atoms with Crippen molar-refractivity contribution in [3.63, 3.8) is 0 Å². The Morgan fingerprint density at radius 3 is 2.29 bits per heavy atom. The van der Waals surface area contributed by atoms with Gasteiger partial charge in [-0.3, -0.25) is 9.59 Å². The Morgan fingerprint density at radius 2 is 1.71 bits per heavy atom. The predicted octanol–water partition coefficient (Wildman–Crippen LogP) is 2.74. The number of carbonyl (C=O) groups is 2. The first-order valence-electron chi connectivity index (χ1n) is 10.6. The van der Waals surface area contributed by atoms with Crippen LogP contribution in [-0.4, -0.2) is 31.3 Å². The van der Waals surface area contributed by atoms with Gasteiger partial charge in [0.1, 0.15) is 10.4 Å². The SMILES string of the molecule is NC(=O)C12CC3CC(CC(NC(=O)C4(NS(=O)(=O)c5cccc(Cl)c5Cl)CC4)(C3)C1)C2. The second-order valence-electron chi connectivity index (χ2n) is 10.1. The van der Waals surface area contributed by atoms with Crippen LogP contribution < -0.4 is 15.8 Å². The molecule has 31 heavy (non-hydrogen) atoms. The summed E-state index contributed by atoms with van der Waals surface area (Å²) in [4.78, 5) is 25.5. The van der Waals surface area contributed by atoms with Gasteiger partial charge < -0.3 is 11.1 Å². The smallest absolute Gasteiger partial charge is 0.243 e. The maximum atomic E-state index is 13.3. The first-order valence-corrected chi connectivity index (χ1v) is 12.8. The molecule has 0 heterocycles. The molecule has 1 aromatic carbocycles. The predicted molar refractivity (Wildman–Crippen MR) is 116 cm³/mol. The van der Waals surface area contributed by atoms with Crippen molar-refractivity contribution in [3.05, 3.63) is 28.2 Å². The highest BCUT2D eigenvalue weighted by Crippen LogP contribution is 2.61. The minimum Gasteiger partial charge on any atom is -0.369 e. The first-order chi connectivity index (χ1) is 14.5. The molecule has 0 aromatic heterocycles. The van der Waals surface area contributed by atoms with Crippen molar-refractivity contribution < 1.29 is 18.0 Å². The zero-order valence-electron chi connectivity index (χ0n) is 16.9. The van der Waals surface area contributed by atoms with Crippen molar-refractivity contribution in [3.8, 4) is 0 Å². The number of primary amides is 1. The summed E-state index contributed by atoms with van der Waals surface area (Å²) in [6.07, 6.45) is 5.62. The fourth-order valence-corrected chi connectivity index (χ4v) is 8.75. The molecule has 168 valence electrons. The molecule has 5 aliphatic carbocycles. The summed E-state index contributed by atoms with van der Waals surface area (Å²) < 4.78 is 28.5. The minimum atomic E-state index is -4.05. The number of amides is 2. The molecular formula is C21H25Cl2N3O4S. The minimum absolute atomic E-state index is 0.0719. The Morgan fingerprint density at radius 1 is 1.06 bits per heavy atom. The summed E-state index contributed by atoms with van der Waals surface area (Å²) >= 11 is 12.1. The maximum absolute atomic E-state index is 13.3. The summed E-state index contributed by atoms with van der Waals surface area (Å²) in [5.41, 5.74) is 3.54. The van der Waals surface area contributed by atoms with Crippen LogP contribution in [0.5, 0.6) is 0 Å². The fraction of sp³-hybridized carbons (Fsp3) is 0.619. The summed E-state index contributed by atoms with van der Waals surface area (Å²) in [6, 6.07) is 4.37. The van der Waals surface area contributed by atoms with Crippen LogP contribution in [-0.2, 0) is 19.6 Å². The van der Waals surface area contributed by atoms with Gasteiger partial charge in [-0.1, -0.05) is 29.3 Å². The van der Waals surface area contributed by atoms with Crippen LogP contribution >= 0.6 is 23.2 Å². The van der Waals surface area contributed by atoms with Crippen molar-refractivity contribution in [1.82, 2.24) is 10.0 Å². The second-order valence-corrected chi connectivity index (χ2v) is 12.5. The molecule has 1 aromatic rings. The van der Waals surface area contributed by atoms with Gasteiger partial charge in [-0.05, 0) is 75.3 Å². The Labute approximate surface area is 191 Å². The van der Waals surface area contributed by atoms with Crippen LogP contribution in [0.25, 0.3) is 0 Å². The van der Waals surface area contributed by atoms with Crippen molar-refractivity contribution >= 4 is 45.0 Å². The van der Waals surface area contributed by atoms with E-state index in [1.807, 2.05) is 0 Å². The van der Waals surface area contributed by atoms with Gasteiger partial charge in [0.2, 0.25) is 21.8 Å². The molecule has 4 N–H and O–H groups in total. The van der Waals surface area contributed by atoms with Crippen molar-refractivity contribution in [1.29, 1.82) is 0 Å². The molecule has 10 heteroatoms. The quantitative estimate of drug-likeness (QED) is 0.573. The summed E-state index contributed by atoms with van der Waals surface area (Å²) in [5, 5.41) is 3.23. The largest absolute Gasteiger partial charge is 0.369 e. The molecule has 5 aliphatic rings. The van der Waals surface area contributed by atoms with Gasteiger partial charge in [0.25, 0.3) is 0 Å². The third-order valence-electron chi connectivity index (χ3n) is 7.68. The molecule has 0 radical (unpaired) electrons. The highest BCUT2D eigenvalue weighted by Gasteiger charge is 2.62. The van der Waals surface area contributed by atoms with Crippen LogP contribution in [0.15, 0.2) is 23.1 Å². The molecule has 2 atom stereocenters. The number of benzene rings is 1. The average molecular weight is 486 g/mol. The molecule has 0 spiro atoms. The Bertz CT molecular complexity index is 1070. The Kier molecular flexibility index (Phi) is 4.73. The fourth-order valence-electron chi connectivity index (χ4n) is 6.56. The molecule has 6 rings (SSSR count). The number of sulfonamides is 1. The van der Waals surface area contributed by atoms with Gasteiger partial charge in [-0.2, -0.15) is 4.72 Å². The van der Waals surface area contributed by atoms with Crippen LogP contribution in [0.4, 0.5) is 0 Å². The summed E-state index contributed by atoms with van der Waals surface area (Å²) in [5.74, 6) is 0.116. The third kappa shape index (κ3) is 3.46. The van der Waals surface area contributed by atoms with Crippen molar-refractivity contribution in [2.24, 2.45) is 23.0 Å². The molecular weight excluding hydrogens is 461 g/mol. The lowest BCUT2D eigenvalue weighted by molar-refractivity contribution is -0.151. The lowest BCUT2D eigenvalue weighted by Crippen LogP contribution is -2.67. The van der Waals surface area contributed by atoms with E-state index in [1.54, 1.807) is 0 Å². The molecule has 4 bridgehead atoms. The molecule has 2 unspecified atom stereocenters. The Balaban J connectivity index is 1.37. The first kappa shape index (κ1) is 21.5. The van der Waals surface area contributed by atoms with E-state index in [2.05, 4.69) is 10.0 Å². The number of carbonyl (C=O) groups excluding carboxylic acids is 2. The number of hydrogen-bond acceptors (Lipinski definition) is 4. The molecule has 2 amide bonds. The van der Waals surface area contributed by atoms with E-state index >= 15 is 0 Å². The van der Waals surface area contributed by atoms with E-state index in [-0.39, 0.29) is 26.8 Å². The monoisotopic (exact) mass is 485 g/mol. The number of halogens is 2. The highest BCUT2D eigenvalue weighted by molar-refractivity contribution is 7.89. The van der Waals surface area contributed by atoms with Gasteiger partial charge in [0, 0.05) is 5.54 Å². The number of hydrogen-bond donors (Lipinski definition) is 3. The van der Waals surface area contributed by atoms with Crippen LogP contribution in [0.3, 0.4) is 0 Å². The highest BCUT2D eigenvalue weighted by atomic mass is 35.5. The van der Waals surface area contributed by atoms with Crippen LogP contribution in [0.2, 0.25) is 10.0 Å². The molecule has 0 saturated heterocycles. The zero-order valence-corrected chi connectivity index (χ0v) is 19.2. The second kappa shape index (κ2) is 6.83. The van der Waals surface area contributed by atoms with Gasteiger partial charge in [0.05, 0.1) is 15.5 Å². The van der Waals surface area contributed by atoms with E-state index in [4.69, 9.17) is 28.9 Å². The number of nitrogens with two attached hydrogens (primary N) is 1. The van der Waals surface area contributed by atoms with Crippen molar-refractivity contribution in [2.45, 2.75) is 67.3 Å². The van der Waals surface area contributed by atoms with Gasteiger partial charge in [-0.15, -0.1) is 0 Å². The third-order valence-corrected chi connectivity index (χ3v) is 10.2. The standard InChI is InChI=1S/C21H25Cl2N3O4S/c22-14-2-1-3-15(16(14)23)31(29,30)26-21(4-5-21)18(28)25-20-9-12-6-13(10-20)8-19(7-12,11-20)17(24)27/h1-3,12-13,26H,4-11H2,(H2,24,27)(H,25,28). The van der Waals surface area contributed by atoms with E-state index in [0.29, 0.717) is 31.1 Å². The lowest BCUT2D eigenvalue weighted by atomic mass is 9.46. The molecule has 5 saturated carbocycles. The summed E-state index contributed by atoms with van der Waals surface area (Å²) in [6.45, 7) is 0. The zero-order chi connectivity index (χ0) is 22.2. The topological polar surface area (TPSA) is 118 Å². The number of nitrogens with one attached hydrogen (secondary N) is 2. The average Bonchev–Trinajstić information content (AvgIpc) is 3.42. The van der Waals surface area contributed by atoms with Crippen LogP contribution in [0, 0.1) is 17.3 Å². The molecule has 0 aliphatic heterocycles. The Hall–Kier alpha value is -1.35. The summed E-state index contributed by atoms with van der Waals surface area (Å²) in [7, 11) is -4.05. The van der Waals surface area contributed by atoms with E-state index in [9.17, 15) is 18.0 Å². The van der Waals surface area contributed by atoms with Crippen LogP contribution in [0.1, 0.15) is 51.4 Å². The normalized spacial score (nSPS) is 35.0. The number of rotatable bonds is 6. The van der Waals surface area contributed by atoms with Gasteiger partial charge in [-0.25, -0.2) is 8.42 Å². The molecule has 7 nitrogen and oxygen atoms in total. The maximum Gasteiger partial charge on any atom is 0.243 e. The van der Waals surface area contributed by atoms with Gasteiger partial charge >= 0.3 is 0 Å². The van der Waals surface area contributed by atoms with E-state index in [0.717, 1.165) is 32.1 Å². The lowest BCUT2D eigenvalue weighted by Gasteiger charge is -2.61. The van der Waals surface area contributed by atoms with E-state index < -0.39 is 26.5 Å². The molecule has 5 fully saturated rings. The van der Waals surface area contributed by atoms with E-state index in [1.165, 1.54) is 18.2 Å². The van der Waals surface area contributed by atoms with Crippen molar-refractivity contribution in [2.75, 3.05) is 0 Å². The van der Waals surface area contributed by atoms with Gasteiger partial charge in [0.15, 0.2) is 0 Å².